The van der Waals surface area contributed by atoms with Crippen LogP contribution >= 0.6 is 22.9 Å². The molecule has 5 aromatic rings. The van der Waals surface area contributed by atoms with Crippen LogP contribution in [0.15, 0.2) is 91.0 Å². The number of carbonyl (C=O) groups excluding carboxylic acids is 1. The molecule has 0 saturated heterocycles. The number of thiazole rings is 1. The number of hydrogen-bond donors (Lipinski definition) is 1. The molecular formula is C29H24ClN3O3S2. The molecule has 1 N–H and O–H groups in total. The Morgan fingerprint density at radius 1 is 0.947 bits per heavy atom. The molecule has 0 saturated carbocycles. The van der Waals surface area contributed by atoms with Gasteiger partial charge in [0.1, 0.15) is 5.01 Å². The van der Waals surface area contributed by atoms with E-state index in [2.05, 4.69) is 24.4 Å². The van der Waals surface area contributed by atoms with E-state index >= 15 is 0 Å². The first kappa shape index (κ1) is 25.9. The fourth-order valence-corrected chi connectivity index (χ4v) is 6.07. The Kier molecular flexibility index (Phi) is 7.21. The van der Waals surface area contributed by atoms with Gasteiger partial charge in [-0.25, -0.2) is 13.4 Å². The number of nitrogens with one attached hydrogen (secondary N) is 1. The van der Waals surface area contributed by atoms with Crippen molar-refractivity contribution in [1.82, 2.24) is 4.98 Å². The summed E-state index contributed by atoms with van der Waals surface area (Å²) in [5, 5.41) is 4.40. The van der Waals surface area contributed by atoms with Crippen molar-refractivity contribution in [3.8, 4) is 10.6 Å². The van der Waals surface area contributed by atoms with Crippen LogP contribution in [0.1, 0.15) is 21.5 Å². The van der Waals surface area contributed by atoms with Gasteiger partial charge in [0.15, 0.2) is 0 Å². The molecule has 6 nitrogen and oxygen atoms in total. The third kappa shape index (κ3) is 5.88. The summed E-state index contributed by atoms with van der Waals surface area (Å²) in [5.74, 6) is -0.289. The van der Waals surface area contributed by atoms with E-state index in [1.807, 2.05) is 30.3 Å². The Morgan fingerprint density at radius 2 is 1.63 bits per heavy atom. The maximum absolute atomic E-state index is 12.9. The van der Waals surface area contributed by atoms with Gasteiger partial charge in [0.05, 0.1) is 28.7 Å². The highest BCUT2D eigenvalue weighted by atomic mass is 35.5. The molecular weight excluding hydrogens is 538 g/mol. The monoisotopic (exact) mass is 561 g/mol. The van der Waals surface area contributed by atoms with E-state index < -0.39 is 10.0 Å². The highest BCUT2D eigenvalue weighted by Crippen LogP contribution is 2.31. The standard InChI is InChI=1S/C29H24ClN3O3S2/c1-19-3-16-26-27(17-19)37-29(32-26)22-6-12-24(13-7-22)31-28(34)21-8-14-25(15-9-21)33(38(2,35)36)18-20-4-10-23(30)11-5-20/h3-17H,18H2,1-2H3,(H,31,34). The molecule has 4 aromatic carbocycles. The third-order valence-electron chi connectivity index (χ3n) is 5.99. The van der Waals surface area contributed by atoms with Crippen LogP contribution in [0.2, 0.25) is 5.02 Å². The summed E-state index contributed by atoms with van der Waals surface area (Å²) in [5.41, 5.74) is 5.48. The quantitative estimate of drug-likeness (QED) is 0.229. The number of carbonyl (C=O) groups is 1. The molecule has 1 amide bonds. The second kappa shape index (κ2) is 10.6. The molecule has 0 unspecified atom stereocenters. The second-order valence-corrected chi connectivity index (χ2v) is 12.3. The molecule has 0 spiro atoms. The Morgan fingerprint density at radius 3 is 2.29 bits per heavy atom. The van der Waals surface area contributed by atoms with Crippen molar-refractivity contribution in [3.63, 3.8) is 0 Å². The summed E-state index contributed by atoms with van der Waals surface area (Å²) in [6.45, 7) is 2.22. The third-order valence-corrected chi connectivity index (χ3v) is 8.45. The van der Waals surface area contributed by atoms with Gasteiger partial charge in [-0.3, -0.25) is 9.10 Å². The zero-order valence-corrected chi connectivity index (χ0v) is 23.1. The average molecular weight is 562 g/mol. The number of aryl methyl sites for hydroxylation is 1. The summed E-state index contributed by atoms with van der Waals surface area (Å²) in [6, 6.07) is 27.2. The first-order valence-electron chi connectivity index (χ1n) is 11.8. The molecule has 0 bridgehead atoms. The Labute approximate surface area is 230 Å². The summed E-state index contributed by atoms with van der Waals surface area (Å²) >= 11 is 7.58. The lowest BCUT2D eigenvalue weighted by atomic mass is 10.1. The molecule has 38 heavy (non-hydrogen) atoms. The van der Waals surface area contributed by atoms with Crippen molar-refractivity contribution in [2.45, 2.75) is 13.5 Å². The first-order chi connectivity index (χ1) is 18.2. The number of benzene rings is 4. The summed E-state index contributed by atoms with van der Waals surface area (Å²) in [7, 11) is -3.55. The molecule has 0 aliphatic carbocycles. The molecule has 9 heteroatoms. The van der Waals surface area contributed by atoms with Crippen LogP contribution in [0.5, 0.6) is 0 Å². The molecule has 0 aliphatic rings. The second-order valence-electron chi connectivity index (χ2n) is 8.96. The van der Waals surface area contributed by atoms with Crippen molar-refractivity contribution in [1.29, 1.82) is 0 Å². The first-order valence-corrected chi connectivity index (χ1v) is 14.8. The fourth-order valence-electron chi connectivity index (χ4n) is 3.99. The molecule has 0 atom stereocenters. The molecule has 0 fully saturated rings. The van der Waals surface area contributed by atoms with E-state index in [-0.39, 0.29) is 12.5 Å². The highest BCUT2D eigenvalue weighted by Gasteiger charge is 2.19. The number of sulfonamides is 1. The lowest BCUT2D eigenvalue weighted by Crippen LogP contribution is -2.29. The van der Waals surface area contributed by atoms with E-state index in [0.29, 0.717) is 22.0 Å². The number of aromatic nitrogens is 1. The maximum Gasteiger partial charge on any atom is 0.255 e. The van der Waals surface area contributed by atoms with Gasteiger partial charge in [0, 0.05) is 21.8 Å². The SMILES string of the molecule is Cc1ccc2nc(-c3ccc(NC(=O)c4ccc(N(Cc5ccc(Cl)cc5)S(C)(=O)=O)cc4)cc3)sc2c1. The molecule has 0 aliphatic heterocycles. The number of hydrogen-bond acceptors (Lipinski definition) is 5. The van der Waals surface area contributed by atoms with Crippen LogP contribution in [-0.4, -0.2) is 25.6 Å². The molecule has 1 aromatic heterocycles. The number of anilines is 2. The zero-order valence-electron chi connectivity index (χ0n) is 20.7. The summed E-state index contributed by atoms with van der Waals surface area (Å²) in [4.78, 5) is 17.6. The van der Waals surface area contributed by atoms with Gasteiger partial charge in [-0.15, -0.1) is 11.3 Å². The van der Waals surface area contributed by atoms with Gasteiger partial charge in [-0.2, -0.15) is 0 Å². The predicted molar refractivity (Wildman–Crippen MR) is 157 cm³/mol. The Bertz CT molecular complexity index is 1710. The van der Waals surface area contributed by atoms with Gasteiger partial charge in [0.2, 0.25) is 10.0 Å². The van der Waals surface area contributed by atoms with Crippen LogP contribution < -0.4 is 9.62 Å². The van der Waals surface area contributed by atoms with Gasteiger partial charge < -0.3 is 5.32 Å². The topological polar surface area (TPSA) is 79.4 Å². The number of fused-ring (bicyclic) bond motifs is 1. The number of halogens is 1. The Hall–Kier alpha value is -3.72. The number of nitrogens with zero attached hydrogens (tertiary/aromatic N) is 2. The normalized spacial score (nSPS) is 11.4. The summed E-state index contributed by atoms with van der Waals surface area (Å²) < 4.78 is 27.4. The average Bonchev–Trinajstić information content (AvgIpc) is 3.31. The van der Waals surface area contributed by atoms with Crippen molar-refractivity contribution < 1.29 is 13.2 Å². The molecule has 5 rings (SSSR count). The number of rotatable bonds is 7. The van der Waals surface area contributed by atoms with E-state index in [9.17, 15) is 13.2 Å². The van der Waals surface area contributed by atoms with Crippen molar-refractivity contribution >= 4 is 60.5 Å². The van der Waals surface area contributed by atoms with Gasteiger partial charge >= 0.3 is 0 Å². The van der Waals surface area contributed by atoms with E-state index in [0.717, 1.165) is 32.6 Å². The van der Waals surface area contributed by atoms with Gasteiger partial charge in [-0.1, -0.05) is 29.8 Å². The van der Waals surface area contributed by atoms with E-state index in [1.165, 1.54) is 9.87 Å². The van der Waals surface area contributed by atoms with Crippen LogP contribution in [0, 0.1) is 6.92 Å². The van der Waals surface area contributed by atoms with Crippen molar-refractivity contribution in [2.75, 3.05) is 15.9 Å². The molecule has 0 radical (unpaired) electrons. The van der Waals surface area contributed by atoms with E-state index in [1.54, 1.807) is 59.9 Å². The minimum Gasteiger partial charge on any atom is -0.322 e. The van der Waals surface area contributed by atoms with Crippen LogP contribution in [-0.2, 0) is 16.6 Å². The summed E-state index contributed by atoms with van der Waals surface area (Å²) in [6.07, 6.45) is 1.16. The maximum atomic E-state index is 12.9. The van der Waals surface area contributed by atoms with Crippen molar-refractivity contribution in [2.24, 2.45) is 0 Å². The van der Waals surface area contributed by atoms with Gasteiger partial charge in [0.25, 0.3) is 5.91 Å². The lowest BCUT2D eigenvalue weighted by molar-refractivity contribution is 0.102. The van der Waals surface area contributed by atoms with Crippen molar-refractivity contribution in [3.05, 3.63) is 113 Å². The predicted octanol–water partition coefficient (Wildman–Crippen LogP) is 7.14. The van der Waals surface area contributed by atoms with Crippen LogP contribution in [0.25, 0.3) is 20.8 Å². The van der Waals surface area contributed by atoms with Crippen LogP contribution in [0.4, 0.5) is 11.4 Å². The zero-order chi connectivity index (χ0) is 26.9. The van der Waals surface area contributed by atoms with E-state index in [4.69, 9.17) is 16.6 Å². The minimum absolute atomic E-state index is 0.155. The molecule has 192 valence electrons. The Balaban J connectivity index is 1.28. The largest absolute Gasteiger partial charge is 0.322 e. The fraction of sp³-hybridized carbons (Fsp3) is 0.103. The van der Waals surface area contributed by atoms with Gasteiger partial charge in [-0.05, 0) is 90.8 Å². The highest BCUT2D eigenvalue weighted by molar-refractivity contribution is 7.92. The molecule has 1 heterocycles. The minimum atomic E-state index is -3.55. The smallest absolute Gasteiger partial charge is 0.255 e. The van der Waals surface area contributed by atoms with Crippen LogP contribution in [0.3, 0.4) is 0 Å². The lowest BCUT2D eigenvalue weighted by Gasteiger charge is -2.23. The number of amides is 1.